The number of thioether (sulfide) groups is 1. The van der Waals surface area contributed by atoms with Gasteiger partial charge in [-0.15, -0.1) is 11.8 Å². The third-order valence-electron chi connectivity index (χ3n) is 9.20. The minimum absolute atomic E-state index is 0.0437. The average Bonchev–Trinajstić information content (AvgIpc) is 3.49. The molecule has 0 bridgehead atoms. The molecule has 1 atom stereocenters. The van der Waals surface area contributed by atoms with Crippen LogP contribution >= 0.6 is 33.3 Å². The number of hydrogen-bond acceptors (Lipinski definition) is 13. The summed E-state index contributed by atoms with van der Waals surface area (Å²) in [7, 11) is 3.29. The van der Waals surface area contributed by atoms with Gasteiger partial charge < -0.3 is 10.1 Å². The van der Waals surface area contributed by atoms with Crippen LogP contribution < -0.4 is 10.1 Å². The highest BCUT2D eigenvalue weighted by molar-refractivity contribution is 8.76. The zero-order chi connectivity index (χ0) is 50.7. The number of hydrogen-bond donors (Lipinski definition) is 1. The number of rotatable bonds is 32. The fourth-order valence-corrected chi connectivity index (χ4v) is 9.16. The molecule has 1 aliphatic heterocycles. The van der Waals surface area contributed by atoms with Gasteiger partial charge in [0, 0.05) is 87.3 Å². The Balaban J connectivity index is 0.000000980. The molecular formula is C52H87N5O7S3. The maximum absolute atomic E-state index is 12.2. The average molecular weight is 990 g/mol. The number of carbonyl (C=O) groups excluding carboxylic acids is 6. The molecule has 0 saturated carbocycles. The summed E-state index contributed by atoms with van der Waals surface area (Å²) in [4.78, 5) is 84.5. The van der Waals surface area contributed by atoms with Gasteiger partial charge in [-0.1, -0.05) is 97.2 Å². The van der Waals surface area contributed by atoms with Gasteiger partial charge in [0.25, 0.3) is 0 Å². The highest BCUT2D eigenvalue weighted by Gasteiger charge is 2.38. The molecular weight excluding hydrogens is 903 g/mol. The standard InChI is InChI=1S/C20H31NO2.C18H30N2O3S.C14H26N2O2S2/c1-15(2)13-19(22)7-6-12-23-20-10-8-18(9-11-20)17(5)21-14-16(3)4;1-13(2)11-19-12-15(21)8-6-5-7-9-20-17(22)10-16(18(20)23)24-14(3)4;1-11(2)9-15-10-13(17)5-7-19-20-8-6-14(18)16-12(3)4/h8-11,15-16H,6-7,12-14H2,1-5H3;11,13-14,16H,5-10,12H2,1-4H3;9,11-12H,5-8,10H2,1-4H3,(H,16,18). The second kappa shape index (κ2) is 38.5. The number of nitrogens with zero attached hydrogens (tertiary/aromatic N) is 4. The topological polar surface area (TPSA) is 164 Å². The minimum Gasteiger partial charge on any atom is -0.494 e. The number of unbranched alkanes of at least 4 members (excludes halogenated alkanes) is 2. The van der Waals surface area contributed by atoms with Crippen molar-refractivity contribution >= 4 is 86.6 Å². The molecule has 3 amide bonds. The Bertz CT molecular complexity index is 1680. The fraction of sp³-hybridized carbons (Fsp3) is 0.712. The van der Waals surface area contributed by atoms with Crippen molar-refractivity contribution in [1.29, 1.82) is 0 Å². The van der Waals surface area contributed by atoms with E-state index in [4.69, 9.17) is 4.74 Å². The largest absolute Gasteiger partial charge is 0.494 e. The summed E-state index contributed by atoms with van der Waals surface area (Å²) in [6.07, 6.45) is 9.99. The van der Waals surface area contributed by atoms with Gasteiger partial charge in [-0.3, -0.25) is 48.6 Å². The molecule has 15 heteroatoms. The molecule has 0 aliphatic carbocycles. The maximum atomic E-state index is 12.2. The van der Waals surface area contributed by atoms with Gasteiger partial charge in [-0.2, -0.15) is 0 Å². The van der Waals surface area contributed by atoms with Crippen molar-refractivity contribution in [1.82, 2.24) is 10.2 Å². The number of aliphatic imine (C=N–C) groups is 3. The van der Waals surface area contributed by atoms with Crippen LogP contribution in [0.25, 0.3) is 0 Å². The molecule has 1 aliphatic rings. The second-order valence-electron chi connectivity index (χ2n) is 18.9. The minimum atomic E-state index is -0.210. The van der Waals surface area contributed by atoms with E-state index in [1.54, 1.807) is 39.6 Å². The summed E-state index contributed by atoms with van der Waals surface area (Å²) >= 11 is 1.56. The Morgan fingerprint density at radius 2 is 1.30 bits per heavy atom. The number of amides is 3. The van der Waals surface area contributed by atoms with E-state index in [2.05, 4.69) is 48.0 Å². The number of benzene rings is 1. The van der Waals surface area contributed by atoms with Crippen molar-refractivity contribution in [2.24, 2.45) is 38.6 Å². The summed E-state index contributed by atoms with van der Waals surface area (Å²) in [5, 5.41) is 2.99. The molecule has 0 spiro atoms. The molecule has 1 N–H and O–H groups in total. The van der Waals surface area contributed by atoms with Crippen LogP contribution in [0.3, 0.4) is 0 Å². The van der Waals surface area contributed by atoms with E-state index in [1.165, 1.54) is 4.90 Å². The van der Waals surface area contributed by atoms with Crippen molar-refractivity contribution < 1.29 is 33.5 Å². The number of Topliss-reactive ketones (excluding diaryl/α,β-unsaturated/α-hetero) is 3. The summed E-state index contributed by atoms with van der Waals surface area (Å²) in [5.41, 5.74) is 2.19. The Hall–Kier alpha value is -3.30. The number of likely N-dealkylation sites (tertiary alicyclic amines) is 1. The van der Waals surface area contributed by atoms with Crippen molar-refractivity contribution in [2.45, 2.75) is 171 Å². The molecule has 1 unspecified atom stereocenters. The third kappa shape index (κ3) is 36.4. The molecule has 1 heterocycles. The van der Waals surface area contributed by atoms with E-state index in [9.17, 15) is 28.8 Å². The van der Waals surface area contributed by atoms with Gasteiger partial charge in [0.05, 0.1) is 24.9 Å². The summed E-state index contributed by atoms with van der Waals surface area (Å²) in [6, 6.07) is 8.22. The number of carbonyl (C=O) groups is 6. The van der Waals surface area contributed by atoms with E-state index >= 15 is 0 Å². The molecule has 0 radical (unpaired) electrons. The van der Waals surface area contributed by atoms with E-state index in [0.29, 0.717) is 92.9 Å². The van der Waals surface area contributed by atoms with E-state index in [-0.39, 0.29) is 47.1 Å². The predicted octanol–water partition coefficient (Wildman–Crippen LogP) is 11.0. The van der Waals surface area contributed by atoms with Crippen LogP contribution in [0.5, 0.6) is 5.75 Å². The third-order valence-corrected chi connectivity index (χ3v) is 12.8. The van der Waals surface area contributed by atoms with Crippen LogP contribution in [0.4, 0.5) is 0 Å². The first-order valence-electron chi connectivity index (χ1n) is 24.4. The quantitative estimate of drug-likeness (QED) is 0.0318. The second-order valence-corrected chi connectivity index (χ2v) is 23.4. The summed E-state index contributed by atoms with van der Waals surface area (Å²) < 4.78 is 5.70. The number of nitrogens with one attached hydrogen (secondary N) is 1. The number of ketones is 3. The normalized spacial score (nSPS) is 14.2. The van der Waals surface area contributed by atoms with Crippen molar-refractivity contribution in [2.75, 3.05) is 44.3 Å². The summed E-state index contributed by atoms with van der Waals surface area (Å²) in [6.45, 7) is 29.1. The first-order chi connectivity index (χ1) is 31.6. The van der Waals surface area contributed by atoms with Crippen molar-refractivity contribution in [3.05, 3.63) is 29.8 Å². The molecule has 1 aromatic carbocycles. The fourth-order valence-electron chi connectivity index (χ4n) is 6.00. The van der Waals surface area contributed by atoms with Gasteiger partial charge in [0.1, 0.15) is 11.5 Å². The lowest BCUT2D eigenvalue weighted by molar-refractivity contribution is -0.138. The van der Waals surface area contributed by atoms with E-state index in [0.717, 1.165) is 60.8 Å². The predicted molar refractivity (Wildman–Crippen MR) is 288 cm³/mol. The Morgan fingerprint density at radius 1 is 0.731 bits per heavy atom. The van der Waals surface area contributed by atoms with Crippen LogP contribution in [-0.2, 0) is 28.8 Å². The van der Waals surface area contributed by atoms with Crippen LogP contribution in [0.15, 0.2) is 39.2 Å². The smallest absolute Gasteiger partial charge is 0.242 e. The maximum Gasteiger partial charge on any atom is 0.242 e. The van der Waals surface area contributed by atoms with E-state index in [1.807, 2.05) is 92.8 Å². The lowest BCUT2D eigenvalue weighted by Gasteiger charge is -2.15. The molecule has 1 fully saturated rings. The monoisotopic (exact) mass is 990 g/mol. The highest BCUT2D eigenvalue weighted by Crippen LogP contribution is 2.28. The van der Waals surface area contributed by atoms with Crippen LogP contribution in [0, 0.1) is 23.7 Å². The van der Waals surface area contributed by atoms with Crippen LogP contribution in [-0.4, -0.2) is 119 Å². The van der Waals surface area contributed by atoms with Gasteiger partial charge in [0.2, 0.25) is 17.7 Å². The SMILES string of the molecule is CC(=NCC(C)C)c1ccc(OCCCC(=O)CC(C)C)cc1.CC(C)C=NCC(=O)CCCCCN1C(=O)CC(SC(C)C)C1=O.CC(C)C=NCC(=O)CCSSCCC(=O)NC(C)C. The van der Waals surface area contributed by atoms with Crippen molar-refractivity contribution in [3.8, 4) is 5.75 Å². The molecule has 0 aromatic heterocycles. The van der Waals surface area contributed by atoms with Gasteiger partial charge >= 0.3 is 0 Å². The molecule has 2 rings (SSSR count). The van der Waals surface area contributed by atoms with Crippen LogP contribution in [0.1, 0.15) is 160 Å². The molecule has 380 valence electrons. The highest BCUT2D eigenvalue weighted by atomic mass is 33.1. The van der Waals surface area contributed by atoms with E-state index < -0.39 is 0 Å². The first kappa shape index (κ1) is 63.7. The van der Waals surface area contributed by atoms with Crippen LogP contribution in [0.2, 0.25) is 0 Å². The molecule has 1 aromatic rings. The first-order valence-corrected chi connectivity index (χ1v) is 27.9. The zero-order valence-corrected chi connectivity index (χ0v) is 45.8. The van der Waals surface area contributed by atoms with Gasteiger partial charge in [-0.05, 0) is 98.8 Å². The Kier molecular flexibility index (Phi) is 36.6. The van der Waals surface area contributed by atoms with Crippen molar-refractivity contribution in [3.63, 3.8) is 0 Å². The van der Waals surface area contributed by atoms with Gasteiger partial charge in [0.15, 0.2) is 11.6 Å². The number of imide groups is 1. The van der Waals surface area contributed by atoms with Gasteiger partial charge in [-0.25, -0.2) is 0 Å². The number of ether oxygens (including phenoxy) is 1. The summed E-state index contributed by atoms with van der Waals surface area (Å²) in [5.74, 6) is 4.83. The Morgan fingerprint density at radius 3 is 1.84 bits per heavy atom. The Labute approximate surface area is 417 Å². The molecule has 1 saturated heterocycles. The lowest BCUT2D eigenvalue weighted by Crippen LogP contribution is -2.32. The molecule has 12 nitrogen and oxygen atoms in total. The zero-order valence-electron chi connectivity index (χ0n) is 43.4. The molecule has 67 heavy (non-hydrogen) atoms. The lowest BCUT2D eigenvalue weighted by atomic mass is 10.0.